The van der Waals surface area contributed by atoms with Gasteiger partial charge in [0.1, 0.15) is 5.69 Å². The van der Waals surface area contributed by atoms with Crippen molar-refractivity contribution in [3.63, 3.8) is 0 Å². The first-order valence-electron chi connectivity index (χ1n) is 8.29. The number of aliphatic hydroxyl groups excluding tert-OH is 1. The summed E-state index contributed by atoms with van der Waals surface area (Å²) in [6.45, 7) is 6.54. The van der Waals surface area contributed by atoms with E-state index in [0.29, 0.717) is 21.8 Å². The monoisotopic (exact) mass is 378 g/mol. The largest absolute Gasteiger partial charge is 0.451 e. The van der Waals surface area contributed by atoms with Crippen LogP contribution in [0.3, 0.4) is 0 Å². The summed E-state index contributed by atoms with van der Waals surface area (Å²) in [6, 6.07) is 6.91. The quantitative estimate of drug-likeness (QED) is 0.672. The summed E-state index contributed by atoms with van der Waals surface area (Å²) in [5.74, 6) is -1.05. The van der Waals surface area contributed by atoms with Crippen molar-refractivity contribution in [2.75, 3.05) is 6.61 Å². The van der Waals surface area contributed by atoms with E-state index in [4.69, 9.17) is 16.3 Å². The number of rotatable bonds is 6. The van der Waals surface area contributed by atoms with Crippen LogP contribution in [0.2, 0.25) is 5.02 Å². The molecule has 1 heterocycles. The Morgan fingerprint density at radius 3 is 2.58 bits per heavy atom. The molecule has 1 aromatic heterocycles. The molecule has 0 saturated carbocycles. The highest BCUT2D eigenvalue weighted by Crippen LogP contribution is 2.24. The Kier molecular flexibility index (Phi) is 6.45. The number of ether oxygens (including phenoxy) is 1. The molecule has 26 heavy (non-hydrogen) atoms. The number of aromatic amines is 1. The van der Waals surface area contributed by atoms with E-state index >= 15 is 0 Å². The maximum Gasteiger partial charge on any atom is 0.355 e. The van der Waals surface area contributed by atoms with Crippen LogP contribution in [0.25, 0.3) is 0 Å². The van der Waals surface area contributed by atoms with Crippen LogP contribution >= 0.6 is 11.6 Å². The summed E-state index contributed by atoms with van der Waals surface area (Å²) in [5, 5.41) is 13.1. The molecule has 0 fully saturated rings. The van der Waals surface area contributed by atoms with Gasteiger partial charge in [-0.25, -0.2) is 4.79 Å². The van der Waals surface area contributed by atoms with Crippen LogP contribution in [-0.4, -0.2) is 28.6 Å². The molecule has 6 nitrogen and oxygen atoms in total. The summed E-state index contributed by atoms with van der Waals surface area (Å²) < 4.78 is 5.09. The van der Waals surface area contributed by atoms with Gasteiger partial charge in [-0.15, -0.1) is 0 Å². The summed E-state index contributed by atoms with van der Waals surface area (Å²) in [7, 11) is 0. The van der Waals surface area contributed by atoms with Crippen molar-refractivity contribution in [1.29, 1.82) is 0 Å². The minimum Gasteiger partial charge on any atom is -0.451 e. The van der Waals surface area contributed by atoms with Gasteiger partial charge >= 0.3 is 5.97 Å². The van der Waals surface area contributed by atoms with Gasteiger partial charge in [0.15, 0.2) is 6.61 Å². The summed E-state index contributed by atoms with van der Waals surface area (Å²) in [6.07, 6.45) is -0.699. The van der Waals surface area contributed by atoms with Crippen LogP contribution in [0.5, 0.6) is 0 Å². The molecular weight excluding hydrogens is 356 g/mol. The average molecular weight is 379 g/mol. The van der Waals surface area contributed by atoms with E-state index in [-0.39, 0.29) is 11.7 Å². The van der Waals surface area contributed by atoms with Crippen molar-refractivity contribution in [3.05, 3.63) is 57.4 Å². The maximum absolute atomic E-state index is 12.2. The fourth-order valence-corrected chi connectivity index (χ4v) is 3.14. The number of aryl methyl sites for hydroxylation is 1. The van der Waals surface area contributed by atoms with E-state index < -0.39 is 24.6 Å². The predicted molar refractivity (Wildman–Crippen MR) is 99.2 cm³/mol. The zero-order chi connectivity index (χ0) is 19.4. The van der Waals surface area contributed by atoms with E-state index in [9.17, 15) is 14.7 Å². The lowest BCUT2D eigenvalue weighted by atomic mass is 10.1. The SMILES string of the molecule is Cc1[nH]c(C(=O)OCC(=O)N[C@H](C)c2cccc(Cl)c2)c(C)c1[C@@H](C)O. The third-order valence-electron chi connectivity index (χ3n) is 4.18. The highest BCUT2D eigenvalue weighted by Gasteiger charge is 2.21. The molecule has 1 aromatic carbocycles. The molecule has 2 rings (SSSR count). The Bertz CT molecular complexity index is 814. The summed E-state index contributed by atoms with van der Waals surface area (Å²) >= 11 is 5.94. The summed E-state index contributed by atoms with van der Waals surface area (Å²) in [5.41, 5.74) is 3.08. The van der Waals surface area contributed by atoms with Gasteiger partial charge in [0, 0.05) is 16.3 Å². The number of carbonyl (C=O) groups is 2. The average Bonchev–Trinajstić information content (AvgIpc) is 2.87. The molecule has 2 atom stereocenters. The standard InChI is InChI=1S/C19H23ClN2O4/c1-10-17(13(4)23)12(3)22-18(10)19(25)26-9-16(24)21-11(2)14-6-5-7-15(20)8-14/h5-8,11,13,22-23H,9H2,1-4H3,(H,21,24)/t11-,13-/m1/s1. The number of hydrogen-bond acceptors (Lipinski definition) is 4. The molecule has 0 bridgehead atoms. The molecule has 0 aliphatic rings. The van der Waals surface area contributed by atoms with Gasteiger partial charge in [-0.2, -0.15) is 0 Å². The van der Waals surface area contributed by atoms with Crippen LogP contribution in [0.4, 0.5) is 0 Å². The number of aromatic nitrogens is 1. The maximum atomic E-state index is 12.2. The Hall–Kier alpha value is -2.31. The highest BCUT2D eigenvalue weighted by atomic mass is 35.5. The van der Waals surface area contributed by atoms with Crippen molar-refractivity contribution in [2.45, 2.75) is 39.8 Å². The molecule has 140 valence electrons. The molecular formula is C19H23ClN2O4. The number of hydrogen-bond donors (Lipinski definition) is 3. The van der Waals surface area contributed by atoms with Gasteiger partial charge in [0.25, 0.3) is 5.91 Å². The molecule has 0 unspecified atom stereocenters. The van der Waals surface area contributed by atoms with Gasteiger partial charge in [-0.1, -0.05) is 23.7 Å². The van der Waals surface area contributed by atoms with E-state index in [0.717, 1.165) is 5.56 Å². The third kappa shape index (κ3) is 4.65. The number of nitrogens with one attached hydrogen (secondary N) is 2. The zero-order valence-electron chi connectivity index (χ0n) is 15.2. The Labute approximate surface area is 157 Å². The number of aliphatic hydroxyl groups is 1. The van der Waals surface area contributed by atoms with E-state index in [1.165, 1.54) is 0 Å². The second-order valence-electron chi connectivity index (χ2n) is 6.26. The Morgan fingerprint density at radius 2 is 2.00 bits per heavy atom. The minimum absolute atomic E-state index is 0.245. The van der Waals surface area contributed by atoms with Crippen molar-refractivity contribution >= 4 is 23.5 Å². The predicted octanol–water partition coefficient (Wildman–Crippen LogP) is 3.37. The van der Waals surface area contributed by atoms with Gasteiger partial charge in [0.05, 0.1) is 12.1 Å². The highest BCUT2D eigenvalue weighted by molar-refractivity contribution is 6.30. The number of H-pyrrole nitrogens is 1. The van der Waals surface area contributed by atoms with Crippen molar-refractivity contribution in [3.8, 4) is 0 Å². The Balaban J connectivity index is 1.95. The van der Waals surface area contributed by atoms with Gasteiger partial charge in [-0.05, 0) is 51.0 Å². The van der Waals surface area contributed by atoms with Crippen molar-refractivity contribution < 1.29 is 19.4 Å². The second-order valence-corrected chi connectivity index (χ2v) is 6.70. The molecule has 0 radical (unpaired) electrons. The fraction of sp³-hybridized carbons (Fsp3) is 0.368. The molecule has 0 spiro atoms. The molecule has 0 aliphatic carbocycles. The minimum atomic E-state index is -0.699. The molecule has 1 amide bonds. The smallest absolute Gasteiger partial charge is 0.355 e. The first-order valence-corrected chi connectivity index (χ1v) is 8.67. The van der Waals surface area contributed by atoms with Gasteiger partial charge < -0.3 is 20.1 Å². The summed E-state index contributed by atoms with van der Waals surface area (Å²) in [4.78, 5) is 27.2. The van der Waals surface area contributed by atoms with E-state index in [2.05, 4.69) is 10.3 Å². The molecule has 7 heteroatoms. The Morgan fingerprint density at radius 1 is 1.31 bits per heavy atom. The number of halogens is 1. The van der Waals surface area contributed by atoms with Crippen LogP contribution in [0.15, 0.2) is 24.3 Å². The topological polar surface area (TPSA) is 91.4 Å². The van der Waals surface area contributed by atoms with Crippen LogP contribution in [-0.2, 0) is 9.53 Å². The van der Waals surface area contributed by atoms with Gasteiger partial charge in [0.2, 0.25) is 0 Å². The van der Waals surface area contributed by atoms with Crippen molar-refractivity contribution in [1.82, 2.24) is 10.3 Å². The van der Waals surface area contributed by atoms with E-state index in [1.54, 1.807) is 39.0 Å². The zero-order valence-corrected chi connectivity index (χ0v) is 16.0. The van der Waals surface area contributed by atoms with Crippen LogP contribution in [0.1, 0.15) is 58.9 Å². The normalized spacial score (nSPS) is 13.2. The van der Waals surface area contributed by atoms with Crippen molar-refractivity contribution in [2.24, 2.45) is 0 Å². The second kappa shape index (κ2) is 8.38. The van der Waals surface area contributed by atoms with Crippen LogP contribution < -0.4 is 5.32 Å². The molecule has 0 saturated heterocycles. The lowest BCUT2D eigenvalue weighted by molar-refractivity contribution is -0.124. The first kappa shape index (κ1) is 20.0. The molecule has 2 aromatic rings. The lowest BCUT2D eigenvalue weighted by Gasteiger charge is -2.14. The number of amides is 1. The third-order valence-corrected chi connectivity index (χ3v) is 4.41. The number of esters is 1. The number of benzene rings is 1. The first-order chi connectivity index (χ1) is 12.2. The fourth-order valence-electron chi connectivity index (χ4n) is 2.94. The van der Waals surface area contributed by atoms with E-state index in [1.807, 2.05) is 13.0 Å². The molecule has 3 N–H and O–H groups in total. The lowest BCUT2D eigenvalue weighted by Crippen LogP contribution is -2.31. The molecule has 0 aliphatic heterocycles. The number of carbonyl (C=O) groups excluding carboxylic acids is 2. The van der Waals surface area contributed by atoms with Crippen LogP contribution in [0, 0.1) is 13.8 Å². The van der Waals surface area contributed by atoms with Gasteiger partial charge in [-0.3, -0.25) is 4.79 Å².